The Morgan fingerprint density at radius 3 is 2.53 bits per heavy atom. The molecular weight excluding hydrogens is 461 g/mol. The first-order valence-corrected chi connectivity index (χ1v) is 11.4. The molecule has 2 amide bonds. The Balaban J connectivity index is 1.41. The van der Waals surface area contributed by atoms with Crippen molar-refractivity contribution in [1.29, 1.82) is 0 Å². The number of anilines is 1. The molecule has 0 saturated carbocycles. The van der Waals surface area contributed by atoms with Crippen molar-refractivity contribution in [3.63, 3.8) is 0 Å². The Morgan fingerprint density at radius 2 is 1.72 bits per heavy atom. The summed E-state index contributed by atoms with van der Waals surface area (Å²) in [6, 6.07) is 22.8. The van der Waals surface area contributed by atoms with Crippen molar-refractivity contribution in [2.24, 2.45) is 4.99 Å². The van der Waals surface area contributed by atoms with Crippen LogP contribution in [0.2, 0.25) is 0 Å². The number of benzene rings is 3. The molecule has 1 atom stereocenters. The van der Waals surface area contributed by atoms with E-state index in [-0.39, 0.29) is 16.8 Å². The van der Waals surface area contributed by atoms with Gasteiger partial charge < -0.3 is 15.4 Å². The van der Waals surface area contributed by atoms with Gasteiger partial charge in [-0.1, -0.05) is 66.7 Å². The fourth-order valence-electron chi connectivity index (χ4n) is 4.41. The number of nitrogens with one attached hydrogen (secondary N) is 2. The SMILES string of the molecule is O=C(N[C@H]1N=C(c2ccccc2)c2ccccc2NC1=O)c1nn2c(c1-c1ccccc1F)OCC2. The molecule has 2 aliphatic heterocycles. The van der Waals surface area contributed by atoms with Crippen molar-refractivity contribution in [3.8, 4) is 17.0 Å². The molecule has 8 nitrogen and oxygen atoms in total. The molecule has 2 N–H and O–H groups in total. The monoisotopic (exact) mass is 481 g/mol. The van der Waals surface area contributed by atoms with Gasteiger partial charge in [-0.25, -0.2) is 14.1 Å². The summed E-state index contributed by atoms with van der Waals surface area (Å²) >= 11 is 0. The summed E-state index contributed by atoms with van der Waals surface area (Å²) in [5, 5.41) is 9.90. The van der Waals surface area contributed by atoms with E-state index in [0.717, 1.165) is 11.1 Å². The number of amides is 2. The first-order chi connectivity index (χ1) is 17.6. The molecule has 0 unspecified atom stereocenters. The van der Waals surface area contributed by atoms with E-state index in [2.05, 4.69) is 20.7 Å². The summed E-state index contributed by atoms with van der Waals surface area (Å²) in [5.74, 6) is -1.36. The summed E-state index contributed by atoms with van der Waals surface area (Å²) in [6.45, 7) is 0.805. The second-order valence-electron chi connectivity index (χ2n) is 8.33. The number of ether oxygens (including phenoxy) is 1. The standard InChI is InChI=1S/C27H20FN5O3/c28-19-12-6-4-10-17(19)21-23(32-33-14-15-36-27(21)33)25(34)31-24-26(35)29-20-13-7-5-11-18(20)22(30-24)16-8-2-1-3-9-16/h1-13,24H,14-15H2,(H,29,35)(H,31,34)/t24-/m1/s1. The number of carbonyl (C=O) groups excluding carboxylic acids is 2. The van der Waals surface area contributed by atoms with Crippen molar-refractivity contribution in [1.82, 2.24) is 15.1 Å². The number of halogens is 1. The predicted molar refractivity (Wildman–Crippen MR) is 132 cm³/mol. The normalized spacial score (nSPS) is 16.2. The third kappa shape index (κ3) is 3.70. The molecule has 1 aromatic heterocycles. The maximum Gasteiger partial charge on any atom is 0.274 e. The lowest BCUT2D eigenvalue weighted by atomic mass is 10.0. The molecule has 0 spiro atoms. The number of fused-ring (bicyclic) bond motifs is 2. The predicted octanol–water partition coefficient (Wildman–Crippen LogP) is 3.63. The van der Waals surface area contributed by atoms with Crippen molar-refractivity contribution in [3.05, 3.63) is 102 Å². The number of hydrogen-bond donors (Lipinski definition) is 2. The highest BCUT2D eigenvalue weighted by molar-refractivity contribution is 6.20. The lowest BCUT2D eigenvalue weighted by Crippen LogP contribution is -2.42. The number of para-hydroxylation sites is 1. The third-order valence-corrected chi connectivity index (χ3v) is 6.07. The van der Waals surface area contributed by atoms with Crippen LogP contribution in [0.5, 0.6) is 5.88 Å². The highest BCUT2D eigenvalue weighted by Gasteiger charge is 2.33. The van der Waals surface area contributed by atoms with Gasteiger partial charge >= 0.3 is 0 Å². The van der Waals surface area contributed by atoms with Crippen LogP contribution >= 0.6 is 0 Å². The van der Waals surface area contributed by atoms with Gasteiger partial charge in [-0.2, -0.15) is 5.10 Å². The molecule has 178 valence electrons. The quantitative estimate of drug-likeness (QED) is 0.465. The van der Waals surface area contributed by atoms with E-state index in [9.17, 15) is 14.0 Å². The number of rotatable bonds is 4. The van der Waals surface area contributed by atoms with Gasteiger partial charge in [0.05, 0.1) is 23.5 Å². The molecule has 2 aliphatic rings. The lowest BCUT2D eigenvalue weighted by Gasteiger charge is -2.13. The topological polar surface area (TPSA) is 97.6 Å². The Hall–Kier alpha value is -4.79. The Morgan fingerprint density at radius 1 is 1.00 bits per heavy atom. The highest BCUT2D eigenvalue weighted by atomic mass is 19.1. The number of nitrogens with zero attached hydrogens (tertiary/aromatic N) is 3. The summed E-state index contributed by atoms with van der Waals surface area (Å²) in [7, 11) is 0. The second-order valence-corrected chi connectivity index (χ2v) is 8.33. The fourth-order valence-corrected chi connectivity index (χ4v) is 4.41. The first-order valence-electron chi connectivity index (χ1n) is 11.4. The van der Waals surface area contributed by atoms with Crippen molar-refractivity contribution in [2.45, 2.75) is 12.7 Å². The molecule has 0 saturated heterocycles. The van der Waals surface area contributed by atoms with Crippen LogP contribution in [0.3, 0.4) is 0 Å². The molecule has 3 aromatic carbocycles. The van der Waals surface area contributed by atoms with E-state index >= 15 is 0 Å². The van der Waals surface area contributed by atoms with Crippen LogP contribution in [0.15, 0.2) is 83.9 Å². The Kier molecular flexibility index (Phi) is 5.29. The van der Waals surface area contributed by atoms with Gasteiger partial charge in [-0.3, -0.25) is 9.59 Å². The van der Waals surface area contributed by atoms with Crippen LogP contribution in [-0.2, 0) is 11.3 Å². The van der Waals surface area contributed by atoms with Gasteiger partial charge in [0.1, 0.15) is 12.4 Å². The van der Waals surface area contributed by atoms with Crippen LogP contribution in [0.4, 0.5) is 10.1 Å². The van der Waals surface area contributed by atoms with E-state index in [4.69, 9.17) is 4.74 Å². The van der Waals surface area contributed by atoms with Crippen LogP contribution in [0, 0.1) is 5.82 Å². The highest BCUT2D eigenvalue weighted by Crippen LogP contribution is 2.37. The van der Waals surface area contributed by atoms with Crippen LogP contribution < -0.4 is 15.4 Å². The van der Waals surface area contributed by atoms with Crippen LogP contribution in [-0.4, -0.2) is 40.1 Å². The van der Waals surface area contributed by atoms with Gasteiger partial charge in [-0.15, -0.1) is 0 Å². The summed E-state index contributed by atoms with van der Waals surface area (Å²) in [6.07, 6.45) is -1.24. The molecule has 0 radical (unpaired) electrons. The average molecular weight is 481 g/mol. The van der Waals surface area contributed by atoms with E-state index < -0.39 is 23.8 Å². The minimum atomic E-state index is -1.24. The average Bonchev–Trinajstić information content (AvgIpc) is 3.46. The zero-order valence-corrected chi connectivity index (χ0v) is 18.9. The third-order valence-electron chi connectivity index (χ3n) is 6.07. The maximum atomic E-state index is 14.7. The van der Waals surface area contributed by atoms with Gasteiger partial charge in [0.15, 0.2) is 5.69 Å². The van der Waals surface area contributed by atoms with Crippen molar-refractivity contribution >= 4 is 23.2 Å². The van der Waals surface area contributed by atoms with E-state index in [1.54, 1.807) is 24.3 Å². The molecule has 0 aliphatic carbocycles. The molecule has 6 rings (SSSR count). The lowest BCUT2D eigenvalue weighted by molar-refractivity contribution is -0.117. The summed E-state index contributed by atoms with van der Waals surface area (Å²) in [5.41, 5.74) is 3.06. The Bertz CT molecular complexity index is 1530. The summed E-state index contributed by atoms with van der Waals surface area (Å²) in [4.78, 5) is 31.3. The second kappa shape index (κ2) is 8.77. The van der Waals surface area contributed by atoms with Gasteiger partial charge in [0, 0.05) is 16.7 Å². The zero-order chi connectivity index (χ0) is 24.6. The molecule has 4 aromatic rings. The maximum absolute atomic E-state index is 14.7. The number of benzodiazepines with no additional fused rings is 1. The van der Waals surface area contributed by atoms with E-state index in [1.165, 1.54) is 10.7 Å². The number of carbonyl (C=O) groups is 2. The van der Waals surface area contributed by atoms with Crippen molar-refractivity contribution < 1.29 is 18.7 Å². The molecule has 9 heteroatoms. The number of aliphatic imine (C=N–C) groups is 1. The van der Waals surface area contributed by atoms with Gasteiger partial charge in [0.25, 0.3) is 11.8 Å². The van der Waals surface area contributed by atoms with Gasteiger partial charge in [-0.05, 0) is 12.1 Å². The molecule has 0 bridgehead atoms. The smallest absolute Gasteiger partial charge is 0.274 e. The largest absolute Gasteiger partial charge is 0.475 e. The van der Waals surface area contributed by atoms with Crippen LogP contribution in [0.25, 0.3) is 11.1 Å². The number of aromatic nitrogens is 2. The molecular formula is C27H20FN5O3. The minimum absolute atomic E-state index is 0.0409. The first kappa shape index (κ1) is 21.7. The van der Waals surface area contributed by atoms with Gasteiger partial charge in [0.2, 0.25) is 12.0 Å². The van der Waals surface area contributed by atoms with Crippen molar-refractivity contribution in [2.75, 3.05) is 11.9 Å². The zero-order valence-electron chi connectivity index (χ0n) is 18.9. The molecule has 36 heavy (non-hydrogen) atoms. The van der Waals surface area contributed by atoms with E-state index in [0.29, 0.717) is 30.4 Å². The molecule has 0 fully saturated rings. The van der Waals surface area contributed by atoms with Crippen LogP contribution in [0.1, 0.15) is 21.6 Å². The minimum Gasteiger partial charge on any atom is -0.475 e. The Labute approximate surface area is 205 Å². The number of hydrogen-bond acceptors (Lipinski definition) is 5. The van der Waals surface area contributed by atoms with E-state index in [1.807, 2.05) is 48.5 Å². The summed E-state index contributed by atoms with van der Waals surface area (Å²) < 4.78 is 21.9. The molecule has 3 heterocycles. The fraction of sp³-hybridized carbons (Fsp3) is 0.111.